The monoisotopic (exact) mass is 213 g/mol. The number of carbonyl (C=O) groups excluding carboxylic acids is 1. The molecule has 0 aromatic rings. The van der Waals surface area contributed by atoms with Gasteiger partial charge in [-0.3, -0.25) is 4.90 Å². The van der Waals surface area contributed by atoms with E-state index >= 15 is 0 Å². The van der Waals surface area contributed by atoms with Crippen LogP contribution >= 0.6 is 0 Å². The Morgan fingerprint density at radius 3 is 2.73 bits per heavy atom. The molecule has 0 aromatic heterocycles. The Morgan fingerprint density at radius 1 is 1.67 bits per heavy atom. The third-order valence-electron chi connectivity index (χ3n) is 2.20. The molecule has 1 aliphatic rings. The third kappa shape index (κ3) is 3.23. The van der Waals surface area contributed by atoms with E-state index in [1.165, 1.54) is 4.90 Å². The Labute approximate surface area is 90.5 Å². The van der Waals surface area contributed by atoms with Crippen molar-refractivity contribution in [2.75, 3.05) is 13.2 Å². The molecular formula is C11H19NO3. The second-order valence-corrected chi connectivity index (χ2v) is 4.90. The molecule has 0 saturated carbocycles. The van der Waals surface area contributed by atoms with Crippen LogP contribution in [0.25, 0.3) is 0 Å². The van der Waals surface area contributed by atoms with Crippen molar-refractivity contribution in [2.24, 2.45) is 0 Å². The lowest BCUT2D eigenvalue weighted by Crippen LogP contribution is -2.41. The second-order valence-electron chi connectivity index (χ2n) is 4.90. The molecule has 1 N–H and O–H groups in total. The largest absolute Gasteiger partial charge is 0.444 e. The normalized spacial score (nSPS) is 22.0. The number of hydrogen-bond donors (Lipinski definition) is 1. The molecule has 0 unspecified atom stereocenters. The van der Waals surface area contributed by atoms with Gasteiger partial charge in [-0.2, -0.15) is 0 Å². The minimum absolute atomic E-state index is 0.0434. The number of carbonyl (C=O) groups is 1. The number of likely N-dealkylation sites (tertiary alicyclic amines) is 1. The van der Waals surface area contributed by atoms with Gasteiger partial charge in [0.05, 0.1) is 12.6 Å². The zero-order chi connectivity index (χ0) is 11.6. The van der Waals surface area contributed by atoms with Gasteiger partial charge in [0.15, 0.2) is 0 Å². The van der Waals surface area contributed by atoms with Gasteiger partial charge in [-0.15, -0.1) is 0 Å². The van der Waals surface area contributed by atoms with Crippen molar-refractivity contribution >= 4 is 6.09 Å². The molecule has 1 heterocycles. The van der Waals surface area contributed by atoms with Gasteiger partial charge in [0, 0.05) is 6.54 Å². The molecule has 4 nitrogen and oxygen atoms in total. The number of ether oxygens (including phenoxy) is 1. The van der Waals surface area contributed by atoms with Gasteiger partial charge < -0.3 is 9.84 Å². The summed E-state index contributed by atoms with van der Waals surface area (Å²) < 4.78 is 5.24. The molecule has 0 aromatic carbocycles. The maximum absolute atomic E-state index is 11.7. The van der Waals surface area contributed by atoms with E-state index in [2.05, 4.69) is 6.58 Å². The van der Waals surface area contributed by atoms with Crippen LogP contribution in [-0.4, -0.2) is 40.9 Å². The minimum Gasteiger partial charge on any atom is -0.444 e. The van der Waals surface area contributed by atoms with Crippen LogP contribution in [0.3, 0.4) is 0 Å². The van der Waals surface area contributed by atoms with Crippen molar-refractivity contribution < 1.29 is 14.6 Å². The molecule has 0 aliphatic carbocycles. The summed E-state index contributed by atoms with van der Waals surface area (Å²) in [6.45, 7) is 9.73. The summed E-state index contributed by atoms with van der Waals surface area (Å²) in [6.07, 6.45) is 0.288. The van der Waals surface area contributed by atoms with Gasteiger partial charge in [-0.25, -0.2) is 4.79 Å². The number of amides is 1. The molecule has 0 radical (unpaired) electrons. The first-order chi connectivity index (χ1) is 6.83. The van der Waals surface area contributed by atoms with E-state index in [4.69, 9.17) is 9.84 Å². The van der Waals surface area contributed by atoms with Crippen LogP contribution in [0, 0.1) is 0 Å². The van der Waals surface area contributed by atoms with E-state index < -0.39 is 5.60 Å². The van der Waals surface area contributed by atoms with Gasteiger partial charge in [0.25, 0.3) is 0 Å². The molecule has 15 heavy (non-hydrogen) atoms. The number of hydrogen-bond acceptors (Lipinski definition) is 3. The lowest BCUT2D eigenvalue weighted by atomic mass is 10.2. The molecule has 0 bridgehead atoms. The zero-order valence-electron chi connectivity index (χ0n) is 9.62. The van der Waals surface area contributed by atoms with Gasteiger partial charge in [0.1, 0.15) is 5.60 Å². The Bertz CT molecular complexity index is 267. The van der Waals surface area contributed by atoms with E-state index in [9.17, 15) is 4.79 Å². The quantitative estimate of drug-likeness (QED) is 0.672. The van der Waals surface area contributed by atoms with Crippen molar-refractivity contribution in [3.63, 3.8) is 0 Å². The summed E-state index contributed by atoms with van der Waals surface area (Å²) in [6, 6.07) is -0.174. The molecule has 1 saturated heterocycles. The molecule has 1 rings (SSSR count). The van der Waals surface area contributed by atoms with Crippen LogP contribution in [0.15, 0.2) is 12.2 Å². The maximum Gasteiger partial charge on any atom is 0.410 e. The maximum atomic E-state index is 11.7. The Kier molecular flexibility index (Phi) is 3.39. The van der Waals surface area contributed by atoms with E-state index in [0.29, 0.717) is 13.0 Å². The smallest absolute Gasteiger partial charge is 0.410 e. The van der Waals surface area contributed by atoms with Crippen LogP contribution < -0.4 is 0 Å². The zero-order valence-corrected chi connectivity index (χ0v) is 9.62. The van der Waals surface area contributed by atoms with E-state index in [0.717, 1.165) is 5.57 Å². The van der Waals surface area contributed by atoms with Gasteiger partial charge in [-0.05, 0) is 27.2 Å². The molecule has 1 aliphatic heterocycles. The van der Waals surface area contributed by atoms with Crippen LogP contribution in [-0.2, 0) is 4.74 Å². The molecule has 0 spiro atoms. The van der Waals surface area contributed by atoms with Gasteiger partial charge in [0.2, 0.25) is 0 Å². The van der Waals surface area contributed by atoms with Crippen molar-refractivity contribution in [1.82, 2.24) is 4.90 Å². The Balaban J connectivity index is 2.63. The average Bonchev–Trinajstić information content (AvgIpc) is 2.43. The molecule has 1 atom stereocenters. The van der Waals surface area contributed by atoms with Crippen molar-refractivity contribution in [3.05, 3.63) is 12.2 Å². The standard InChI is InChI=1S/C11H19NO3/c1-8-5-9(7-13)12(6-8)10(14)15-11(2,3)4/h9,13H,1,5-7H2,2-4H3/t9-/m1/s1. The number of aliphatic hydroxyl groups is 1. The fraction of sp³-hybridized carbons (Fsp3) is 0.727. The fourth-order valence-electron chi connectivity index (χ4n) is 1.58. The lowest BCUT2D eigenvalue weighted by molar-refractivity contribution is 0.0178. The van der Waals surface area contributed by atoms with Crippen LogP contribution in [0.5, 0.6) is 0 Å². The lowest BCUT2D eigenvalue weighted by Gasteiger charge is -2.27. The molecule has 1 amide bonds. The first-order valence-corrected chi connectivity index (χ1v) is 5.10. The van der Waals surface area contributed by atoms with Gasteiger partial charge >= 0.3 is 6.09 Å². The van der Waals surface area contributed by atoms with Crippen LogP contribution in [0.4, 0.5) is 4.79 Å². The Hall–Kier alpha value is -1.03. The highest BCUT2D eigenvalue weighted by Gasteiger charge is 2.33. The van der Waals surface area contributed by atoms with E-state index in [1.54, 1.807) is 0 Å². The van der Waals surface area contributed by atoms with E-state index in [-0.39, 0.29) is 18.7 Å². The predicted octanol–water partition coefficient (Wildman–Crippen LogP) is 1.54. The summed E-state index contributed by atoms with van der Waals surface area (Å²) >= 11 is 0. The molecular weight excluding hydrogens is 194 g/mol. The summed E-state index contributed by atoms with van der Waals surface area (Å²) in [5, 5.41) is 9.11. The molecule has 1 fully saturated rings. The number of aliphatic hydroxyl groups excluding tert-OH is 1. The first kappa shape index (κ1) is 12.0. The van der Waals surface area contributed by atoms with Crippen LogP contribution in [0.2, 0.25) is 0 Å². The number of rotatable bonds is 1. The van der Waals surface area contributed by atoms with Gasteiger partial charge in [-0.1, -0.05) is 12.2 Å². The van der Waals surface area contributed by atoms with Crippen LogP contribution in [0.1, 0.15) is 27.2 Å². The average molecular weight is 213 g/mol. The van der Waals surface area contributed by atoms with Crippen molar-refractivity contribution in [1.29, 1.82) is 0 Å². The summed E-state index contributed by atoms with van der Waals surface area (Å²) in [5.74, 6) is 0. The fourth-order valence-corrected chi connectivity index (χ4v) is 1.58. The van der Waals surface area contributed by atoms with Crippen molar-refractivity contribution in [2.45, 2.75) is 38.8 Å². The highest BCUT2D eigenvalue weighted by atomic mass is 16.6. The third-order valence-corrected chi connectivity index (χ3v) is 2.20. The molecule has 86 valence electrons. The topological polar surface area (TPSA) is 49.8 Å². The summed E-state index contributed by atoms with van der Waals surface area (Å²) in [4.78, 5) is 13.3. The number of nitrogens with zero attached hydrogens (tertiary/aromatic N) is 1. The Morgan fingerprint density at radius 2 is 2.27 bits per heavy atom. The SMILES string of the molecule is C=C1C[C@H](CO)N(C(=O)OC(C)(C)C)C1. The molecule has 4 heteroatoms. The first-order valence-electron chi connectivity index (χ1n) is 5.10. The highest BCUT2D eigenvalue weighted by molar-refractivity contribution is 5.69. The minimum atomic E-state index is -0.499. The summed E-state index contributed by atoms with van der Waals surface area (Å²) in [7, 11) is 0. The van der Waals surface area contributed by atoms with Crippen molar-refractivity contribution in [3.8, 4) is 0 Å². The summed E-state index contributed by atoms with van der Waals surface area (Å²) in [5.41, 5.74) is 0.459. The second kappa shape index (κ2) is 4.23. The van der Waals surface area contributed by atoms with E-state index in [1.807, 2.05) is 20.8 Å². The predicted molar refractivity (Wildman–Crippen MR) is 57.6 cm³/mol. The highest BCUT2D eigenvalue weighted by Crippen LogP contribution is 2.23.